The molecule has 0 bridgehead atoms. The number of carbonyl (C=O) groups excluding carboxylic acids is 2. The van der Waals surface area contributed by atoms with Gasteiger partial charge in [-0.25, -0.2) is 9.59 Å². The third-order valence-corrected chi connectivity index (χ3v) is 4.48. The van der Waals surface area contributed by atoms with Crippen LogP contribution in [0.5, 0.6) is 0 Å². The Morgan fingerprint density at radius 2 is 1.77 bits per heavy atom. The van der Waals surface area contributed by atoms with Gasteiger partial charge in [0.1, 0.15) is 5.60 Å². The van der Waals surface area contributed by atoms with Crippen LogP contribution < -0.4 is 5.32 Å². The molecule has 26 heavy (non-hydrogen) atoms. The second-order valence-corrected chi connectivity index (χ2v) is 7.55. The molecule has 1 aliphatic rings. The molecule has 1 aliphatic heterocycles. The standard InChI is InChI=1S/C21H24N2O3/c1-13-17(19(24)26-21(2,3)4)18(22-20(25)23(13)5)16-11-10-14-8-6-7-9-15(14)12-16/h6-12,18H,1-5H3,(H,22,25)/t18-/m1/s1. The molecule has 3 rings (SSSR count). The van der Waals surface area contributed by atoms with Crippen LogP contribution in [0.25, 0.3) is 10.8 Å². The highest BCUT2D eigenvalue weighted by atomic mass is 16.6. The summed E-state index contributed by atoms with van der Waals surface area (Å²) in [6.45, 7) is 7.26. The summed E-state index contributed by atoms with van der Waals surface area (Å²) in [6.07, 6.45) is 0. The largest absolute Gasteiger partial charge is 0.456 e. The van der Waals surface area contributed by atoms with E-state index in [1.807, 2.05) is 63.2 Å². The van der Waals surface area contributed by atoms with Crippen molar-refractivity contribution in [3.63, 3.8) is 0 Å². The maximum absolute atomic E-state index is 12.9. The van der Waals surface area contributed by atoms with Gasteiger partial charge < -0.3 is 15.0 Å². The van der Waals surface area contributed by atoms with Crippen molar-refractivity contribution in [1.29, 1.82) is 0 Å². The van der Waals surface area contributed by atoms with E-state index < -0.39 is 17.6 Å². The molecule has 0 spiro atoms. The van der Waals surface area contributed by atoms with Crippen molar-refractivity contribution in [3.05, 3.63) is 59.3 Å². The quantitative estimate of drug-likeness (QED) is 0.826. The summed E-state index contributed by atoms with van der Waals surface area (Å²) in [4.78, 5) is 26.6. The fourth-order valence-electron chi connectivity index (χ4n) is 3.07. The van der Waals surface area contributed by atoms with Crippen LogP contribution in [0.2, 0.25) is 0 Å². The highest BCUT2D eigenvalue weighted by Crippen LogP contribution is 2.33. The van der Waals surface area contributed by atoms with Gasteiger partial charge in [-0.2, -0.15) is 0 Å². The molecule has 136 valence electrons. The Balaban J connectivity index is 2.09. The van der Waals surface area contributed by atoms with E-state index in [0.717, 1.165) is 16.3 Å². The molecule has 2 amide bonds. The van der Waals surface area contributed by atoms with Gasteiger partial charge in [0.25, 0.3) is 0 Å². The van der Waals surface area contributed by atoms with Gasteiger partial charge in [-0.15, -0.1) is 0 Å². The zero-order chi connectivity index (χ0) is 19.1. The second kappa shape index (κ2) is 6.48. The Kier molecular flexibility index (Phi) is 4.48. The smallest absolute Gasteiger partial charge is 0.338 e. The first-order valence-electron chi connectivity index (χ1n) is 8.64. The molecule has 5 heteroatoms. The van der Waals surface area contributed by atoms with Crippen LogP contribution >= 0.6 is 0 Å². The van der Waals surface area contributed by atoms with E-state index in [-0.39, 0.29) is 6.03 Å². The number of benzene rings is 2. The molecule has 0 aromatic heterocycles. The highest BCUT2D eigenvalue weighted by Gasteiger charge is 2.36. The van der Waals surface area contributed by atoms with E-state index in [2.05, 4.69) is 5.32 Å². The average Bonchev–Trinajstić information content (AvgIpc) is 2.57. The van der Waals surface area contributed by atoms with E-state index in [4.69, 9.17) is 4.74 Å². The normalized spacial score (nSPS) is 18.1. The van der Waals surface area contributed by atoms with Gasteiger partial charge in [0.05, 0.1) is 11.6 Å². The minimum atomic E-state index is -0.613. The molecule has 0 radical (unpaired) electrons. The van der Waals surface area contributed by atoms with Crippen molar-refractivity contribution in [1.82, 2.24) is 10.2 Å². The van der Waals surface area contributed by atoms with Gasteiger partial charge in [0.2, 0.25) is 0 Å². The lowest BCUT2D eigenvalue weighted by Crippen LogP contribution is -2.46. The zero-order valence-corrected chi connectivity index (χ0v) is 15.8. The minimum absolute atomic E-state index is 0.243. The van der Waals surface area contributed by atoms with Crippen LogP contribution in [0.15, 0.2) is 53.7 Å². The highest BCUT2D eigenvalue weighted by molar-refractivity contribution is 5.95. The summed E-state index contributed by atoms with van der Waals surface area (Å²) in [6, 6.07) is 13.1. The summed E-state index contributed by atoms with van der Waals surface area (Å²) in [5.74, 6) is -0.417. The predicted octanol–water partition coefficient (Wildman–Crippen LogP) is 4.15. The number of allylic oxidation sites excluding steroid dienone is 1. The molecular formula is C21H24N2O3. The van der Waals surface area contributed by atoms with Gasteiger partial charge in [-0.05, 0) is 50.1 Å². The number of ether oxygens (including phenoxy) is 1. The molecule has 0 saturated heterocycles. The number of carbonyl (C=O) groups is 2. The Hall–Kier alpha value is -2.82. The average molecular weight is 352 g/mol. The molecule has 0 saturated carbocycles. The van der Waals surface area contributed by atoms with Crippen molar-refractivity contribution in [2.24, 2.45) is 0 Å². The number of hydrogen-bond donors (Lipinski definition) is 1. The van der Waals surface area contributed by atoms with Gasteiger partial charge in [-0.1, -0.05) is 36.4 Å². The van der Waals surface area contributed by atoms with Crippen molar-refractivity contribution in [3.8, 4) is 0 Å². The molecule has 2 aromatic carbocycles. The van der Waals surface area contributed by atoms with E-state index in [1.165, 1.54) is 4.90 Å². The van der Waals surface area contributed by atoms with Crippen LogP contribution in [0.3, 0.4) is 0 Å². The second-order valence-electron chi connectivity index (χ2n) is 7.55. The van der Waals surface area contributed by atoms with Crippen LogP contribution in [-0.4, -0.2) is 29.5 Å². The molecule has 1 heterocycles. The van der Waals surface area contributed by atoms with E-state index >= 15 is 0 Å². The Bertz CT molecular complexity index is 909. The van der Waals surface area contributed by atoms with Gasteiger partial charge in [0.15, 0.2) is 0 Å². The van der Waals surface area contributed by atoms with Crippen LogP contribution in [-0.2, 0) is 9.53 Å². The van der Waals surface area contributed by atoms with Crippen LogP contribution in [0, 0.1) is 0 Å². The van der Waals surface area contributed by atoms with Crippen molar-refractivity contribution >= 4 is 22.8 Å². The molecule has 1 atom stereocenters. The molecule has 1 N–H and O–H groups in total. The van der Waals surface area contributed by atoms with Gasteiger partial charge in [0, 0.05) is 12.7 Å². The third-order valence-electron chi connectivity index (χ3n) is 4.48. The number of amides is 2. The SMILES string of the molecule is CC1=C(C(=O)OC(C)(C)C)[C@@H](c2ccc3ccccc3c2)NC(=O)N1C. The number of nitrogens with one attached hydrogen (secondary N) is 1. The fraction of sp³-hybridized carbons (Fsp3) is 0.333. The number of urea groups is 1. The van der Waals surface area contributed by atoms with Crippen LogP contribution in [0.1, 0.15) is 39.3 Å². The lowest BCUT2D eigenvalue weighted by atomic mass is 9.93. The minimum Gasteiger partial charge on any atom is -0.456 e. The predicted molar refractivity (Wildman–Crippen MR) is 102 cm³/mol. The number of nitrogens with zero attached hydrogens (tertiary/aromatic N) is 1. The lowest BCUT2D eigenvalue weighted by molar-refractivity contribution is -0.150. The number of fused-ring (bicyclic) bond motifs is 1. The topological polar surface area (TPSA) is 58.6 Å². The number of esters is 1. The summed E-state index contributed by atoms with van der Waals surface area (Å²) >= 11 is 0. The third kappa shape index (κ3) is 3.43. The van der Waals surface area contributed by atoms with Crippen molar-refractivity contribution in [2.75, 3.05) is 7.05 Å². The van der Waals surface area contributed by atoms with Crippen molar-refractivity contribution in [2.45, 2.75) is 39.3 Å². The van der Waals surface area contributed by atoms with Gasteiger partial charge in [-0.3, -0.25) is 0 Å². The maximum Gasteiger partial charge on any atom is 0.338 e. The molecule has 5 nitrogen and oxygen atoms in total. The molecular weight excluding hydrogens is 328 g/mol. The molecule has 0 fully saturated rings. The Labute approximate surface area is 153 Å². The Morgan fingerprint density at radius 3 is 2.42 bits per heavy atom. The molecule has 0 aliphatic carbocycles. The van der Waals surface area contributed by atoms with Gasteiger partial charge >= 0.3 is 12.0 Å². The van der Waals surface area contributed by atoms with Crippen LogP contribution in [0.4, 0.5) is 4.79 Å². The van der Waals surface area contributed by atoms with E-state index in [0.29, 0.717) is 11.3 Å². The maximum atomic E-state index is 12.9. The Morgan fingerprint density at radius 1 is 1.12 bits per heavy atom. The number of hydrogen-bond acceptors (Lipinski definition) is 3. The summed E-state index contributed by atoms with van der Waals surface area (Å²) in [5.41, 5.74) is 1.29. The molecule has 0 unspecified atom stereocenters. The van der Waals surface area contributed by atoms with Crippen molar-refractivity contribution < 1.29 is 14.3 Å². The number of rotatable bonds is 2. The fourth-order valence-corrected chi connectivity index (χ4v) is 3.07. The summed E-state index contributed by atoms with van der Waals surface area (Å²) in [5, 5.41) is 5.08. The summed E-state index contributed by atoms with van der Waals surface area (Å²) in [7, 11) is 1.64. The first kappa shape index (κ1) is 18.0. The van der Waals surface area contributed by atoms with E-state index in [9.17, 15) is 9.59 Å². The van der Waals surface area contributed by atoms with E-state index in [1.54, 1.807) is 14.0 Å². The zero-order valence-electron chi connectivity index (χ0n) is 15.8. The first-order chi connectivity index (χ1) is 12.2. The molecule has 2 aromatic rings. The first-order valence-corrected chi connectivity index (χ1v) is 8.64. The lowest BCUT2D eigenvalue weighted by Gasteiger charge is -2.34. The monoisotopic (exact) mass is 352 g/mol. The summed E-state index contributed by atoms with van der Waals surface area (Å²) < 4.78 is 5.60.